The summed E-state index contributed by atoms with van der Waals surface area (Å²) in [6.07, 6.45) is -1.68. The van der Waals surface area contributed by atoms with Gasteiger partial charge in [-0.05, 0) is 61.1 Å². The fraction of sp³-hybridized carbons (Fsp3) is 0.438. The number of carbonyl (C=O) groups is 11. The van der Waals surface area contributed by atoms with Gasteiger partial charge >= 0.3 is 35.9 Å². The van der Waals surface area contributed by atoms with Crippen molar-refractivity contribution in [2.45, 2.75) is 87.6 Å². The molecular formula is C64H72F2N4O25S. The molecule has 29 nitrogen and oxygen atoms in total. The zero-order valence-corrected chi connectivity index (χ0v) is 52.4. The quantitative estimate of drug-likeness (QED) is 0.0145. The van der Waals surface area contributed by atoms with Crippen LogP contribution < -0.4 is 26.3 Å². The number of phenols is 1. The molecular weight excluding hydrogens is 1290 g/mol. The van der Waals surface area contributed by atoms with Crippen LogP contribution in [0.3, 0.4) is 0 Å². The van der Waals surface area contributed by atoms with Crippen LogP contribution in [0.2, 0.25) is 0 Å². The summed E-state index contributed by atoms with van der Waals surface area (Å²) < 4.78 is 68.2. The Kier molecular flexibility index (Phi) is 30.2. The maximum Gasteiger partial charge on any atom is 0.336 e. The molecule has 0 aromatic heterocycles. The summed E-state index contributed by atoms with van der Waals surface area (Å²) in [4.78, 5) is 151. The van der Waals surface area contributed by atoms with E-state index in [1.165, 1.54) is 12.1 Å². The molecule has 9 N–H and O–H groups in total. The number of fused-ring (bicyclic) bond motifs is 2. The maximum absolute atomic E-state index is 14.8. The van der Waals surface area contributed by atoms with Crippen molar-refractivity contribution in [1.29, 1.82) is 0 Å². The summed E-state index contributed by atoms with van der Waals surface area (Å²) in [6.45, 7) is 2.69. The number of anilines is 1. The fourth-order valence-electron chi connectivity index (χ4n) is 9.80. The Morgan fingerprint density at radius 3 is 1.75 bits per heavy atom. The van der Waals surface area contributed by atoms with Gasteiger partial charge in [0.15, 0.2) is 17.4 Å². The number of rotatable bonds is 45. The molecule has 2 aliphatic heterocycles. The van der Waals surface area contributed by atoms with Gasteiger partial charge in [-0.1, -0.05) is 36.4 Å². The molecule has 1 unspecified atom stereocenters. The van der Waals surface area contributed by atoms with Crippen LogP contribution in [-0.2, 0) is 78.0 Å². The molecule has 32 heteroatoms. The summed E-state index contributed by atoms with van der Waals surface area (Å²) in [5.41, 5.74) is -1.75. The highest BCUT2D eigenvalue weighted by molar-refractivity contribution is 8.00. The minimum Gasteiger partial charge on any atom is -0.505 e. The Labute approximate surface area is 550 Å². The Morgan fingerprint density at radius 1 is 0.604 bits per heavy atom. The number of amides is 5. The van der Waals surface area contributed by atoms with Gasteiger partial charge in [-0.25, -0.2) is 37.7 Å². The number of aromatic hydroxyl groups is 1. The Bertz CT molecular complexity index is 3610. The van der Waals surface area contributed by atoms with Crippen molar-refractivity contribution in [1.82, 2.24) is 16.0 Å². The number of ketones is 2. The van der Waals surface area contributed by atoms with Gasteiger partial charge in [-0.15, -0.1) is 11.8 Å². The lowest BCUT2D eigenvalue weighted by molar-refractivity contribution is -0.142. The first-order valence-electron chi connectivity index (χ1n) is 30.2. The number of nitrogens with one attached hydrogen (secondary N) is 3. The fourth-order valence-corrected chi connectivity index (χ4v) is 11.0. The Balaban J connectivity index is 0.835. The number of carboxylic acids is 5. The second-order valence-electron chi connectivity index (χ2n) is 21.7. The molecule has 1 fully saturated rings. The van der Waals surface area contributed by atoms with Crippen LogP contribution in [0.15, 0.2) is 82.0 Å². The van der Waals surface area contributed by atoms with Crippen molar-refractivity contribution in [3.05, 3.63) is 106 Å². The third-order valence-electron chi connectivity index (χ3n) is 14.7. The van der Waals surface area contributed by atoms with Gasteiger partial charge in [-0.2, -0.15) is 0 Å². The average molecular weight is 1370 g/mol. The monoisotopic (exact) mass is 1370 g/mol. The molecule has 0 bridgehead atoms. The number of carboxylic acid groups (broad SMARTS) is 5. The van der Waals surface area contributed by atoms with E-state index in [-0.39, 0.29) is 168 Å². The molecule has 5 atom stereocenters. The summed E-state index contributed by atoms with van der Waals surface area (Å²) in [5, 5.41) is 63.4. The normalized spacial score (nSPS) is 14.3. The number of aliphatic carboxylic acids is 4. The lowest BCUT2D eigenvalue weighted by Gasteiger charge is -2.21. The number of urea groups is 1. The number of nitrogens with zero attached hydrogens (tertiary/aromatic N) is 1. The number of imide groups is 1. The Hall–Kier alpha value is -9.31. The van der Waals surface area contributed by atoms with E-state index >= 15 is 0 Å². The van der Waals surface area contributed by atoms with Gasteiger partial charge in [0.1, 0.15) is 41.0 Å². The summed E-state index contributed by atoms with van der Waals surface area (Å²) in [6, 6.07) is 9.64. The first kappa shape index (κ1) is 75.7. The second kappa shape index (κ2) is 38.3. The number of aromatic carboxylic acids is 1. The van der Waals surface area contributed by atoms with E-state index in [0.717, 1.165) is 42.1 Å². The lowest BCUT2D eigenvalue weighted by atomic mass is 9.90. The summed E-state index contributed by atoms with van der Waals surface area (Å²) in [5.74, 6) is -15.1. The van der Waals surface area contributed by atoms with Gasteiger partial charge in [0.2, 0.25) is 23.2 Å². The number of Topliss-reactive ketones (excluding diaryl/α,β-unsaturated/α-hetero) is 2. The third-order valence-corrected chi connectivity index (χ3v) is 15.9. The molecule has 0 spiro atoms. The van der Waals surface area contributed by atoms with Crippen LogP contribution in [0.1, 0.15) is 73.7 Å². The zero-order valence-electron chi connectivity index (χ0n) is 51.6. The van der Waals surface area contributed by atoms with Crippen LogP contribution in [0.25, 0.3) is 33.4 Å². The minimum absolute atomic E-state index is 0.00171. The van der Waals surface area contributed by atoms with Crippen LogP contribution >= 0.6 is 11.8 Å². The number of thioether (sulfide) groups is 1. The van der Waals surface area contributed by atoms with Gasteiger partial charge < -0.3 is 79.4 Å². The zero-order chi connectivity index (χ0) is 69.8. The molecule has 1 aliphatic carbocycles. The van der Waals surface area contributed by atoms with E-state index < -0.39 is 136 Å². The number of hydrogen-bond donors (Lipinski definition) is 9. The van der Waals surface area contributed by atoms with E-state index in [2.05, 4.69) is 10.6 Å². The Morgan fingerprint density at radius 2 is 1.18 bits per heavy atom. The van der Waals surface area contributed by atoms with E-state index in [1.807, 2.05) is 5.32 Å². The first-order valence-corrected chi connectivity index (χ1v) is 31.2. The highest BCUT2D eigenvalue weighted by Gasteiger charge is 2.42. The molecule has 0 saturated carbocycles. The van der Waals surface area contributed by atoms with E-state index in [1.54, 1.807) is 30.3 Å². The van der Waals surface area contributed by atoms with Crippen LogP contribution in [0.5, 0.6) is 5.75 Å². The van der Waals surface area contributed by atoms with Crippen molar-refractivity contribution in [2.75, 3.05) is 89.9 Å². The number of carbonyl (C=O) groups excluding carboxylic acids is 6. The molecule has 3 aromatic carbocycles. The summed E-state index contributed by atoms with van der Waals surface area (Å²) >= 11 is 0.760. The highest BCUT2D eigenvalue weighted by atomic mass is 32.2. The SMILES string of the molecule is O=C(O)CC[C@H](NC(=O)N[C@@H](CCC(=O)CCCOCCOCCOCCOCCOCCOCCC(=O)C[C@@H](Cc1ccccc1)C(=O)N[C@@H](CSC1CC(=O)N(c2ccc(-c3c4cc(F)c(=O)cc-4oc4cc(O)c(F)cc34)c(C(=O)O)c2)C1=O)C(=O)O)C(=O)O)C(=O)O. The van der Waals surface area contributed by atoms with Crippen molar-refractivity contribution in [2.24, 2.45) is 5.92 Å². The number of halogens is 2. The molecule has 3 aromatic rings. The van der Waals surface area contributed by atoms with Gasteiger partial charge in [0.25, 0.3) is 0 Å². The molecule has 96 heavy (non-hydrogen) atoms. The third kappa shape index (κ3) is 23.6. The lowest BCUT2D eigenvalue weighted by Crippen LogP contribution is -2.51. The standard InChI is InChI=1S/C64H72F2N4O25S/c65-45-30-43-52(32-50(45)73)95-53-33-51(74)46(66)31-44(53)57(43)41-10-8-38(29-42(41)60(80)81)70-55(75)34-54(59(70)79)96-35-49(63(86)87)67-58(78)37(27-36-5-2-1-3-6-36)28-40(72)14-16-90-18-20-92-22-24-94-26-25-93-23-21-91-19-17-89-15-4-7-39(71)9-11-47(61(82)83)68-64(88)69-48(62(84)85)12-13-56(76)77/h1-3,5-6,8,10,29-33,37,47-49,54,73H,4,7,9,11-28,34-35H2,(H,67,78)(H,76,77)(H,80,81)(H,82,83)(H,84,85)(H,86,87)(H2,68,69,88)/t37-,47+,48+,49+,54?/m1/s1. The summed E-state index contributed by atoms with van der Waals surface area (Å²) in [7, 11) is 0. The molecule has 5 amide bonds. The van der Waals surface area contributed by atoms with Crippen LogP contribution in [0, 0.1) is 17.6 Å². The predicted octanol–water partition coefficient (Wildman–Crippen LogP) is 4.69. The molecule has 6 rings (SSSR count). The van der Waals surface area contributed by atoms with Gasteiger partial charge in [-0.3, -0.25) is 33.6 Å². The van der Waals surface area contributed by atoms with E-state index in [4.69, 9.17) is 37.9 Å². The van der Waals surface area contributed by atoms with Crippen LogP contribution in [0.4, 0.5) is 19.3 Å². The van der Waals surface area contributed by atoms with E-state index in [9.17, 15) is 91.8 Å². The molecule has 1 saturated heterocycles. The van der Waals surface area contributed by atoms with Crippen molar-refractivity contribution in [3.8, 4) is 28.2 Å². The number of benzene rings is 4. The van der Waals surface area contributed by atoms with Crippen LogP contribution in [-0.4, -0.2) is 204 Å². The van der Waals surface area contributed by atoms with E-state index in [0.29, 0.717) is 16.9 Å². The second-order valence-corrected chi connectivity index (χ2v) is 22.9. The van der Waals surface area contributed by atoms with Crippen molar-refractivity contribution in [3.63, 3.8) is 0 Å². The first-order chi connectivity index (χ1) is 45.9. The highest BCUT2D eigenvalue weighted by Crippen LogP contribution is 2.44. The predicted molar refractivity (Wildman–Crippen MR) is 334 cm³/mol. The number of ether oxygens (including phenoxy) is 6. The molecule has 518 valence electrons. The smallest absolute Gasteiger partial charge is 0.336 e. The topological polar surface area (TPSA) is 434 Å². The largest absolute Gasteiger partial charge is 0.505 e. The molecule has 0 radical (unpaired) electrons. The number of phenolic OH excluding ortho intramolecular Hbond substituents is 1. The van der Waals surface area contributed by atoms with Gasteiger partial charge in [0, 0.05) is 85.4 Å². The molecule has 2 heterocycles. The molecule has 3 aliphatic rings. The van der Waals surface area contributed by atoms with Crippen molar-refractivity contribution < 1.29 is 125 Å². The maximum atomic E-state index is 14.8. The number of hydrogen-bond acceptors (Lipinski definition) is 21. The minimum atomic E-state index is -1.60. The van der Waals surface area contributed by atoms with Crippen molar-refractivity contribution >= 4 is 93.6 Å². The average Bonchev–Trinajstić information content (AvgIpc) is 0.795. The van der Waals surface area contributed by atoms with Gasteiger partial charge in [0.05, 0.1) is 89.2 Å².